The van der Waals surface area contributed by atoms with Gasteiger partial charge in [-0.1, -0.05) is 0 Å². The summed E-state index contributed by atoms with van der Waals surface area (Å²) in [5.74, 6) is 1.16. The molecule has 2 rings (SSSR count). The van der Waals surface area contributed by atoms with Gasteiger partial charge in [0.1, 0.15) is 17.1 Å². The maximum atomic E-state index is 9.74. The van der Waals surface area contributed by atoms with Crippen LogP contribution in [0.25, 0.3) is 0 Å². The molecule has 1 atom stereocenters. The number of hydrogen-bond donors (Lipinski definition) is 2. The predicted molar refractivity (Wildman–Crippen MR) is 62.0 cm³/mol. The number of aromatic hydroxyl groups is 1. The van der Waals surface area contributed by atoms with E-state index in [-0.39, 0.29) is 6.61 Å². The minimum atomic E-state index is -0.485. The van der Waals surface area contributed by atoms with Gasteiger partial charge in [-0.25, -0.2) is 0 Å². The first-order chi connectivity index (χ1) is 7.47. The molecule has 0 amide bonds. The summed E-state index contributed by atoms with van der Waals surface area (Å²) in [6, 6.07) is 1.77. The average Bonchev–Trinajstić information content (AvgIpc) is 2.28. The van der Waals surface area contributed by atoms with Crippen molar-refractivity contribution in [3.05, 3.63) is 22.8 Å². The van der Waals surface area contributed by atoms with Crippen molar-refractivity contribution in [3.63, 3.8) is 0 Å². The van der Waals surface area contributed by atoms with Crippen molar-refractivity contribution in [3.8, 4) is 11.5 Å². The molecule has 3 heteroatoms. The Balaban J connectivity index is 2.49. The van der Waals surface area contributed by atoms with Crippen molar-refractivity contribution in [2.45, 2.75) is 39.2 Å². The summed E-state index contributed by atoms with van der Waals surface area (Å²) in [7, 11) is 0. The minimum Gasteiger partial charge on any atom is -0.508 e. The van der Waals surface area contributed by atoms with Crippen molar-refractivity contribution in [2.75, 3.05) is 6.61 Å². The molecule has 0 saturated heterocycles. The first-order valence-electron chi connectivity index (χ1n) is 5.59. The Kier molecular flexibility index (Phi) is 2.58. The van der Waals surface area contributed by atoms with Crippen molar-refractivity contribution in [1.82, 2.24) is 0 Å². The summed E-state index contributed by atoms with van der Waals surface area (Å²) in [6.45, 7) is 5.75. The van der Waals surface area contributed by atoms with Gasteiger partial charge in [-0.05, 0) is 56.4 Å². The van der Waals surface area contributed by atoms with E-state index in [1.54, 1.807) is 6.07 Å². The van der Waals surface area contributed by atoms with Crippen LogP contribution in [0, 0.1) is 13.8 Å². The number of ether oxygens (including phenoxy) is 1. The van der Waals surface area contributed by atoms with Gasteiger partial charge in [-0.15, -0.1) is 0 Å². The van der Waals surface area contributed by atoms with Crippen LogP contribution in [-0.2, 0) is 6.42 Å². The molecule has 0 spiro atoms. The zero-order valence-corrected chi connectivity index (χ0v) is 10.0. The lowest BCUT2D eigenvalue weighted by molar-refractivity contribution is 0.00735. The molecule has 88 valence electrons. The topological polar surface area (TPSA) is 49.7 Å². The molecule has 1 aromatic carbocycles. The molecule has 0 aliphatic carbocycles. The third kappa shape index (κ3) is 1.65. The molecule has 2 N–H and O–H groups in total. The first kappa shape index (κ1) is 11.3. The largest absolute Gasteiger partial charge is 0.508 e. The summed E-state index contributed by atoms with van der Waals surface area (Å²) in [5.41, 5.74) is 2.36. The third-order valence-electron chi connectivity index (χ3n) is 3.50. The van der Waals surface area contributed by atoms with Crippen LogP contribution in [0.5, 0.6) is 11.5 Å². The summed E-state index contributed by atoms with van der Waals surface area (Å²) in [5, 5.41) is 19.1. The van der Waals surface area contributed by atoms with Gasteiger partial charge in [0.05, 0.1) is 6.61 Å². The quantitative estimate of drug-likeness (QED) is 0.765. The Bertz CT molecular complexity index is 426. The summed E-state index contributed by atoms with van der Waals surface area (Å²) in [4.78, 5) is 0. The van der Waals surface area contributed by atoms with E-state index in [1.165, 1.54) is 0 Å². The van der Waals surface area contributed by atoms with Crippen molar-refractivity contribution < 1.29 is 14.9 Å². The second-order valence-corrected chi connectivity index (χ2v) is 4.84. The number of aliphatic hydroxyl groups excluding tert-OH is 1. The fraction of sp³-hybridized carbons (Fsp3) is 0.538. The molecule has 1 heterocycles. The number of phenolic OH excluding ortho intramolecular Hbond substituents is 1. The Morgan fingerprint density at radius 1 is 1.38 bits per heavy atom. The van der Waals surface area contributed by atoms with E-state index in [0.29, 0.717) is 5.75 Å². The Morgan fingerprint density at radius 3 is 2.69 bits per heavy atom. The lowest BCUT2D eigenvalue weighted by Gasteiger charge is -2.35. The van der Waals surface area contributed by atoms with Crippen LogP contribution >= 0.6 is 0 Å². The van der Waals surface area contributed by atoms with Gasteiger partial charge < -0.3 is 14.9 Å². The highest BCUT2D eigenvalue weighted by atomic mass is 16.5. The van der Waals surface area contributed by atoms with Crippen LogP contribution in [0.3, 0.4) is 0 Å². The SMILES string of the molecule is Cc1c(O)cc2c(c1C)O[C@](C)(CO)CC2. The van der Waals surface area contributed by atoms with E-state index >= 15 is 0 Å². The van der Waals surface area contributed by atoms with Gasteiger partial charge in [0.15, 0.2) is 0 Å². The minimum absolute atomic E-state index is 0.0196. The second-order valence-electron chi connectivity index (χ2n) is 4.84. The maximum Gasteiger partial charge on any atom is 0.129 e. The number of fused-ring (bicyclic) bond motifs is 1. The number of aliphatic hydroxyl groups is 1. The van der Waals surface area contributed by atoms with Gasteiger partial charge in [0.2, 0.25) is 0 Å². The number of benzene rings is 1. The molecule has 0 bridgehead atoms. The third-order valence-corrected chi connectivity index (χ3v) is 3.50. The molecule has 0 saturated carbocycles. The average molecular weight is 222 g/mol. The molecule has 0 fully saturated rings. The Labute approximate surface area is 95.7 Å². The fourth-order valence-corrected chi connectivity index (χ4v) is 2.08. The molecule has 1 aliphatic heterocycles. The van der Waals surface area contributed by atoms with Crippen LogP contribution in [0.1, 0.15) is 30.0 Å². The number of rotatable bonds is 1. The van der Waals surface area contributed by atoms with Gasteiger partial charge in [-0.2, -0.15) is 0 Å². The van der Waals surface area contributed by atoms with Crippen LogP contribution in [0.2, 0.25) is 0 Å². The monoisotopic (exact) mass is 222 g/mol. The van der Waals surface area contributed by atoms with Crippen LogP contribution in [-0.4, -0.2) is 22.4 Å². The normalized spacial score (nSPS) is 23.8. The molecule has 3 nitrogen and oxygen atoms in total. The molecule has 0 unspecified atom stereocenters. The first-order valence-corrected chi connectivity index (χ1v) is 5.59. The highest BCUT2D eigenvalue weighted by molar-refractivity contribution is 5.53. The number of phenols is 1. The van der Waals surface area contributed by atoms with Crippen molar-refractivity contribution in [2.24, 2.45) is 0 Å². The standard InChI is InChI=1S/C13H18O3/c1-8-9(2)12-10(6-11(8)15)4-5-13(3,7-14)16-12/h6,14-15H,4-5,7H2,1-3H3/t13-/m0/s1. The number of hydrogen-bond acceptors (Lipinski definition) is 3. The van der Waals surface area contributed by atoms with Gasteiger partial charge >= 0.3 is 0 Å². The highest BCUT2D eigenvalue weighted by Gasteiger charge is 2.32. The van der Waals surface area contributed by atoms with E-state index in [9.17, 15) is 10.2 Å². The van der Waals surface area contributed by atoms with Crippen LogP contribution in [0.15, 0.2) is 6.07 Å². The predicted octanol–water partition coefficient (Wildman–Crippen LogP) is 2.09. The van der Waals surface area contributed by atoms with Crippen LogP contribution in [0.4, 0.5) is 0 Å². The summed E-state index contributed by atoms with van der Waals surface area (Å²) >= 11 is 0. The molecular formula is C13H18O3. The Morgan fingerprint density at radius 2 is 2.06 bits per heavy atom. The molecule has 1 aromatic rings. The van der Waals surface area contributed by atoms with Gasteiger partial charge in [0.25, 0.3) is 0 Å². The van der Waals surface area contributed by atoms with E-state index in [4.69, 9.17) is 4.74 Å². The molecule has 0 radical (unpaired) electrons. The van der Waals surface area contributed by atoms with Gasteiger partial charge in [0, 0.05) is 0 Å². The van der Waals surface area contributed by atoms with E-state index in [1.807, 2.05) is 20.8 Å². The lowest BCUT2D eigenvalue weighted by Crippen LogP contribution is -2.40. The fourth-order valence-electron chi connectivity index (χ4n) is 2.08. The van der Waals surface area contributed by atoms with Gasteiger partial charge in [-0.3, -0.25) is 0 Å². The summed E-state index contributed by atoms with van der Waals surface area (Å²) in [6.07, 6.45) is 1.61. The van der Waals surface area contributed by atoms with E-state index in [0.717, 1.165) is 35.3 Å². The highest BCUT2D eigenvalue weighted by Crippen LogP contribution is 2.40. The van der Waals surface area contributed by atoms with E-state index < -0.39 is 5.60 Å². The number of aryl methyl sites for hydroxylation is 1. The molecular weight excluding hydrogens is 204 g/mol. The smallest absolute Gasteiger partial charge is 0.129 e. The van der Waals surface area contributed by atoms with Crippen molar-refractivity contribution in [1.29, 1.82) is 0 Å². The zero-order chi connectivity index (χ0) is 11.9. The molecule has 1 aliphatic rings. The Hall–Kier alpha value is -1.22. The second kappa shape index (κ2) is 3.67. The van der Waals surface area contributed by atoms with Crippen LogP contribution < -0.4 is 4.74 Å². The summed E-state index contributed by atoms with van der Waals surface area (Å²) < 4.78 is 5.87. The maximum absolute atomic E-state index is 9.74. The molecule has 0 aromatic heterocycles. The van der Waals surface area contributed by atoms with E-state index in [2.05, 4.69) is 0 Å². The molecule has 16 heavy (non-hydrogen) atoms. The lowest BCUT2D eigenvalue weighted by atomic mass is 9.90. The van der Waals surface area contributed by atoms with Crippen molar-refractivity contribution >= 4 is 0 Å². The zero-order valence-electron chi connectivity index (χ0n) is 10.0.